The van der Waals surface area contributed by atoms with Crippen LogP contribution in [0.4, 0.5) is 5.69 Å². The van der Waals surface area contributed by atoms with Crippen molar-refractivity contribution in [1.29, 1.82) is 0 Å². The van der Waals surface area contributed by atoms with E-state index in [-0.39, 0.29) is 17.7 Å². The zero-order chi connectivity index (χ0) is 20.6. The number of anilines is 1. The first-order chi connectivity index (χ1) is 14.0. The maximum absolute atomic E-state index is 12.7. The van der Waals surface area contributed by atoms with E-state index in [0.29, 0.717) is 11.3 Å². The lowest BCUT2D eigenvalue weighted by Crippen LogP contribution is -2.28. The summed E-state index contributed by atoms with van der Waals surface area (Å²) in [5.74, 6) is -1.63. The molecule has 3 rings (SSSR count). The van der Waals surface area contributed by atoms with Crippen molar-refractivity contribution in [2.24, 2.45) is 0 Å². The molecule has 3 aromatic rings. The molecule has 0 spiro atoms. The van der Waals surface area contributed by atoms with Crippen LogP contribution >= 0.6 is 0 Å². The summed E-state index contributed by atoms with van der Waals surface area (Å²) in [6.45, 7) is 1.37. The second-order valence-electron chi connectivity index (χ2n) is 6.25. The Morgan fingerprint density at radius 1 is 0.966 bits per heavy atom. The monoisotopic (exact) mass is 392 g/mol. The number of benzene rings is 2. The number of para-hydroxylation sites is 1. The molecule has 1 atom stereocenters. The Labute approximate surface area is 167 Å². The van der Waals surface area contributed by atoms with E-state index in [1.54, 1.807) is 30.3 Å². The van der Waals surface area contributed by atoms with Crippen LogP contribution in [0.25, 0.3) is 0 Å². The summed E-state index contributed by atoms with van der Waals surface area (Å²) >= 11 is 0. The highest BCUT2D eigenvalue weighted by Gasteiger charge is 2.17. The summed E-state index contributed by atoms with van der Waals surface area (Å²) < 4.78 is 9.81. The van der Waals surface area contributed by atoms with E-state index in [1.165, 1.54) is 12.3 Å². The van der Waals surface area contributed by atoms with Crippen molar-refractivity contribution in [2.75, 3.05) is 11.9 Å². The minimum atomic E-state index is -0.743. The number of amides is 2. The molecule has 0 fully saturated rings. The molecular weight excluding hydrogens is 372 g/mol. The van der Waals surface area contributed by atoms with Crippen LogP contribution in [-0.4, -0.2) is 24.4 Å². The Morgan fingerprint density at radius 2 is 1.69 bits per heavy atom. The van der Waals surface area contributed by atoms with Gasteiger partial charge in [0.05, 0.1) is 23.6 Å². The number of hydrogen-bond donors (Lipinski definition) is 2. The van der Waals surface area contributed by atoms with Crippen molar-refractivity contribution in [3.63, 3.8) is 0 Å². The van der Waals surface area contributed by atoms with Crippen molar-refractivity contribution >= 4 is 23.5 Å². The van der Waals surface area contributed by atoms with Gasteiger partial charge in [-0.1, -0.05) is 42.5 Å². The van der Waals surface area contributed by atoms with Crippen LogP contribution in [-0.2, 0) is 9.53 Å². The smallest absolute Gasteiger partial charge is 0.374 e. The topological polar surface area (TPSA) is 97.6 Å². The number of carbonyl (C=O) groups is 3. The van der Waals surface area contributed by atoms with Gasteiger partial charge in [0.25, 0.3) is 11.8 Å². The van der Waals surface area contributed by atoms with E-state index in [1.807, 2.05) is 37.3 Å². The van der Waals surface area contributed by atoms with Crippen molar-refractivity contribution < 1.29 is 23.5 Å². The van der Waals surface area contributed by atoms with Crippen LogP contribution in [0.3, 0.4) is 0 Å². The number of ether oxygens (including phenoxy) is 1. The van der Waals surface area contributed by atoms with Gasteiger partial charge in [0.2, 0.25) is 5.76 Å². The molecule has 1 heterocycles. The van der Waals surface area contributed by atoms with Gasteiger partial charge in [0.15, 0.2) is 6.61 Å². The van der Waals surface area contributed by atoms with Crippen LogP contribution in [0, 0.1) is 0 Å². The van der Waals surface area contributed by atoms with Crippen molar-refractivity contribution in [3.05, 3.63) is 89.9 Å². The molecule has 0 aliphatic rings. The molecular formula is C22H20N2O5. The van der Waals surface area contributed by atoms with Crippen LogP contribution in [0.2, 0.25) is 0 Å². The molecule has 0 saturated heterocycles. The highest BCUT2D eigenvalue weighted by molar-refractivity contribution is 6.04. The predicted octanol–water partition coefficient (Wildman–Crippen LogP) is 3.57. The average Bonchev–Trinajstić information content (AvgIpc) is 3.28. The van der Waals surface area contributed by atoms with Crippen LogP contribution in [0.5, 0.6) is 0 Å². The molecule has 0 radical (unpaired) electrons. The maximum atomic E-state index is 12.7. The van der Waals surface area contributed by atoms with Gasteiger partial charge in [-0.25, -0.2) is 4.79 Å². The van der Waals surface area contributed by atoms with E-state index in [4.69, 9.17) is 9.15 Å². The second kappa shape index (κ2) is 9.36. The minimum Gasteiger partial charge on any atom is -0.457 e. The fraction of sp³-hybridized carbons (Fsp3) is 0.136. The lowest BCUT2D eigenvalue weighted by atomic mass is 10.1. The Bertz CT molecular complexity index is 983. The average molecular weight is 392 g/mol. The van der Waals surface area contributed by atoms with E-state index in [2.05, 4.69) is 10.6 Å². The maximum Gasteiger partial charge on any atom is 0.374 e. The van der Waals surface area contributed by atoms with Crippen LogP contribution in [0.1, 0.15) is 39.4 Å². The molecule has 0 unspecified atom stereocenters. The first-order valence-electron chi connectivity index (χ1n) is 9.00. The van der Waals surface area contributed by atoms with Crippen molar-refractivity contribution in [1.82, 2.24) is 5.32 Å². The molecule has 7 nitrogen and oxygen atoms in total. The third-order valence-corrected chi connectivity index (χ3v) is 4.15. The number of rotatable bonds is 7. The molecule has 29 heavy (non-hydrogen) atoms. The van der Waals surface area contributed by atoms with E-state index < -0.39 is 18.5 Å². The van der Waals surface area contributed by atoms with Gasteiger partial charge in [-0.2, -0.15) is 0 Å². The van der Waals surface area contributed by atoms with Gasteiger partial charge >= 0.3 is 5.97 Å². The molecule has 1 aromatic heterocycles. The third-order valence-electron chi connectivity index (χ3n) is 4.15. The minimum absolute atomic E-state index is 0.00692. The SMILES string of the molecule is C[C@@H](NC(=O)c1ccccc1NC(=O)COC(=O)c1ccco1)c1ccccc1. The molecule has 0 bridgehead atoms. The fourth-order valence-corrected chi connectivity index (χ4v) is 2.67. The molecule has 2 aromatic carbocycles. The van der Waals surface area contributed by atoms with Crippen LogP contribution < -0.4 is 10.6 Å². The van der Waals surface area contributed by atoms with Crippen molar-refractivity contribution in [2.45, 2.75) is 13.0 Å². The largest absolute Gasteiger partial charge is 0.457 e. The lowest BCUT2D eigenvalue weighted by molar-refractivity contribution is -0.119. The van der Waals surface area contributed by atoms with Gasteiger partial charge in [-0.15, -0.1) is 0 Å². The molecule has 7 heteroatoms. The summed E-state index contributed by atoms with van der Waals surface area (Å²) in [7, 11) is 0. The van der Waals surface area contributed by atoms with Gasteiger partial charge in [0.1, 0.15) is 0 Å². The normalized spacial score (nSPS) is 11.3. The van der Waals surface area contributed by atoms with Gasteiger partial charge in [-0.3, -0.25) is 9.59 Å². The zero-order valence-electron chi connectivity index (χ0n) is 15.8. The van der Waals surface area contributed by atoms with E-state index in [0.717, 1.165) is 5.56 Å². The first-order valence-corrected chi connectivity index (χ1v) is 9.00. The lowest BCUT2D eigenvalue weighted by Gasteiger charge is -2.16. The standard InChI is InChI=1S/C22H20N2O5/c1-15(16-8-3-2-4-9-16)23-21(26)17-10-5-6-11-18(17)24-20(25)14-29-22(27)19-12-7-13-28-19/h2-13,15H,14H2,1H3,(H,23,26)(H,24,25)/t15-/m1/s1. The number of nitrogens with one attached hydrogen (secondary N) is 2. The quantitative estimate of drug-likeness (QED) is 0.599. The van der Waals surface area contributed by atoms with E-state index >= 15 is 0 Å². The number of esters is 1. The third kappa shape index (κ3) is 5.32. The Morgan fingerprint density at radius 3 is 2.41 bits per heavy atom. The zero-order valence-corrected chi connectivity index (χ0v) is 15.8. The second-order valence-corrected chi connectivity index (χ2v) is 6.25. The van der Waals surface area contributed by atoms with Gasteiger partial charge in [0, 0.05) is 0 Å². The number of hydrogen-bond acceptors (Lipinski definition) is 5. The van der Waals surface area contributed by atoms with E-state index in [9.17, 15) is 14.4 Å². The highest BCUT2D eigenvalue weighted by atomic mass is 16.5. The van der Waals surface area contributed by atoms with Gasteiger partial charge in [-0.05, 0) is 36.8 Å². The Kier molecular flexibility index (Phi) is 6.42. The van der Waals surface area contributed by atoms with Crippen LogP contribution in [0.15, 0.2) is 77.4 Å². The highest BCUT2D eigenvalue weighted by Crippen LogP contribution is 2.18. The summed E-state index contributed by atoms with van der Waals surface area (Å²) in [6, 6.07) is 18.9. The fourth-order valence-electron chi connectivity index (χ4n) is 2.67. The molecule has 0 aliphatic heterocycles. The molecule has 0 saturated carbocycles. The summed E-state index contributed by atoms with van der Waals surface area (Å²) in [6.07, 6.45) is 1.34. The number of furan rings is 1. The Hall–Kier alpha value is -3.87. The Balaban J connectivity index is 1.61. The summed E-state index contributed by atoms with van der Waals surface area (Å²) in [5, 5.41) is 5.50. The van der Waals surface area contributed by atoms with Gasteiger partial charge < -0.3 is 19.8 Å². The molecule has 0 aliphatic carbocycles. The molecule has 2 N–H and O–H groups in total. The van der Waals surface area contributed by atoms with Crippen molar-refractivity contribution in [3.8, 4) is 0 Å². The predicted molar refractivity (Wildman–Crippen MR) is 106 cm³/mol. The summed E-state index contributed by atoms with van der Waals surface area (Å²) in [5.41, 5.74) is 1.59. The molecule has 148 valence electrons. The first kappa shape index (κ1) is 19.9. The molecule has 2 amide bonds. The number of carbonyl (C=O) groups excluding carboxylic acids is 3. The summed E-state index contributed by atoms with van der Waals surface area (Å²) in [4.78, 5) is 36.6.